The van der Waals surface area contributed by atoms with Crippen LogP contribution in [0.5, 0.6) is 0 Å². The van der Waals surface area contributed by atoms with Crippen LogP contribution in [0.15, 0.2) is 140 Å². The van der Waals surface area contributed by atoms with E-state index in [1.807, 2.05) is 40.9 Å². The van der Waals surface area contributed by atoms with E-state index in [9.17, 15) is 0 Å². The third kappa shape index (κ3) is 4.25. The van der Waals surface area contributed by atoms with Crippen LogP contribution in [0.4, 0.5) is 0 Å². The molecule has 2 aliphatic rings. The van der Waals surface area contributed by atoms with E-state index in [0.717, 1.165) is 22.5 Å². The van der Waals surface area contributed by atoms with Crippen molar-refractivity contribution in [3.63, 3.8) is 0 Å². The molecule has 0 saturated heterocycles. The number of thiophene rings is 2. The number of rotatable bonds is 5. The normalized spacial score (nSPS) is 17.6. The minimum absolute atomic E-state index is 0.219. The van der Waals surface area contributed by atoms with Crippen molar-refractivity contribution in [2.24, 2.45) is 5.73 Å². The largest absolute Gasteiger partial charge is 0.405 e. The Balaban J connectivity index is 1.27. The molecule has 206 valence electrons. The summed E-state index contributed by atoms with van der Waals surface area (Å²) >= 11 is 3.74. The molecule has 2 aliphatic carbocycles. The van der Waals surface area contributed by atoms with Gasteiger partial charge in [-0.15, -0.1) is 22.7 Å². The Morgan fingerprint density at radius 3 is 2.65 bits per heavy atom. The second kappa shape index (κ2) is 10.5. The summed E-state index contributed by atoms with van der Waals surface area (Å²) in [5.41, 5.74) is 16.3. The third-order valence-corrected chi connectivity index (χ3v) is 10.8. The number of nitrogens with two attached hydrogens (primary N) is 1. The average Bonchev–Trinajstić information content (AvgIpc) is 3.70. The van der Waals surface area contributed by atoms with E-state index >= 15 is 0 Å². The minimum atomic E-state index is 0.219. The smallest absolute Gasteiger partial charge is 0.0710 e. The number of aromatic nitrogens is 1. The summed E-state index contributed by atoms with van der Waals surface area (Å²) in [7, 11) is 0. The monoisotopic (exact) mass is 588 g/mol. The minimum Gasteiger partial charge on any atom is -0.405 e. The average molecular weight is 589 g/mol. The van der Waals surface area contributed by atoms with Gasteiger partial charge in [0.2, 0.25) is 0 Å². The van der Waals surface area contributed by atoms with Gasteiger partial charge in [0.15, 0.2) is 0 Å². The van der Waals surface area contributed by atoms with Gasteiger partial charge in [0, 0.05) is 42.5 Å². The van der Waals surface area contributed by atoms with Crippen LogP contribution in [0.2, 0.25) is 0 Å². The summed E-state index contributed by atoms with van der Waals surface area (Å²) < 4.78 is 2.68. The molecule has 6 aromatic rings. The molecule has 0 bridgehead atoms. The van der Waals surface area contributed by atoms with Gasteiger partial charge < -0.3 is 5.73 Å². The van der Waals surface area contributed by atoms with Gasteiger partial charge >= 0.3 is 0 Å². The predicted octanol–water partition coefficient (Wildman–Crippen LogP) is 10.7. The van der Waals surface area contributed by atoms with Crippen molar-refractivity contribution in [1.82, 2.24) is 4.98 Å². The number of allylic oxidation sites excluding steroid dienone is 8. The Morgan fingerprint density at radius 2 is 1.74 bits per heavy atom. The highest BCUT2D eigenvalue weighted by Crippen LogP contribution is 2.53. The molecule has 3 heterocycles. The molecule has 2 atom stereocenters. The maximum atomic E-state index is 5.73. The van der Waals surface area contributed by atoms with Gasteiger partial charge in [0.25, 0.3) is 0 Å². The first-order chi connectivity index (χ1) is 21.2. The van der Waals surface area contributed by atoms with Crippen molar-refractivity contribution in [2.45, 2.75) is 11.8 Å². The van der Waals surface area contributed by atoms with E-state index in [1.165, 1.54) is 52.9 Å². The summed E-state index contributed by atoms with van der Waals surface area (Å²) in [4.78, 5) is 6.43. The highest BCUT2D eigenvalue weighted by Gasteiger charge is 2.34. The Labute approximate surface area is 259 Å². The van der Waals surface area contributed by atoms with Crippen LogP contribution in [0.1, 0.15) is 34.4 Å². The molecule has 0 fully saturated rings. The van der Waals surface area contributed by atoms with Crippen molar-refractivity contribution in [2.75, 3.05) is 0 Å². The van der Waals surface area contributed by atoms with Crippen LogP contribution in [-0.4, -0.2) is 4.98 Å². The topological polar surface area (TPSA) is 38.9 Å². The second-order valence-corrected chi connectivity index (χ2v) is 12.9. The quantitative estimate of drug-likeness (QED) is 0.204. The lowest BCUT2D eigenvalue weighted by Gasteiger charge is -2.33. The van der Waals surface area contributed by atoms with Crippen molar-refractivity contribution >= 4 is 54.0 Å². The molecule has 0 amide bonds. The van der Waals surface area contributed by atoms with Crippen LogP contribution in [0.3, 0.4) is 0 Å². The first-order valence-corrected chi connectivity index (χ1v) is 16.1. The van der Waals surface area contributed by atoms with Gasteiger partial charge in [0.05, 0.1) is 11.4 Å². The van der Waals surface area contributed by atoms with Crippen LogP contribution in [-0.2, 0) is 0 Å². The second-order valence-electron chi connectivity index (χ2n) is 10.9. The molecule has 0 spiro atoms. The molecule has 2 N–H and O–H groups in total. The fourth-order valence-corrected chi connectivity index (χ4v) is 8.87. The lowest BCUT2D eigenvalue weighted by Crippen LogP contribution is -2.16. The SMILES string of the molecule is C=C/C=C(\C=C/N)c1cccc(C2=CC3c4cc(-c5cccc6c5sc5ccccc56)ccc4-c4sccc4[C@@H]3C=C2)n1. The van der Waals surface area contributed by atoms with Crippen LogP contribution in [0.25, 0.3) is 52.9 Å². The summed E-state index contributed by atoms with van der Waals surface area (Å²) in [6, 6.07) is 31.0. The molecule has 2 nitrogen and oxygen atoms in total. The molecule has 4 heteroatoms. The molecule has 1 unspecified atom stereocenters. The van der Waals surface area contributed by atoms with E-state index in [0.29, 0.717) is 5.92 Å². The van der Waals surface area contributed by atoms with Gasteiger partial charge in [-0.05, 0) is 81.4 Å². The number of hydrogen-bond acceptors (Lipinski definition) is 4. The van der Waals surface area contributed by atoms with E-state index in [2.05, 4.69) is 109 Å². The standard InChI is InChI=1S/C39H28N2S2/c1-2-7-24(18-20-40)35-11-6-12-36(41-35)26-15-16-28-32-19-21-42-38(32)31-17-14-25(22-34(31)33(28)23-26)27-9-5-10-30-29-8-3-4-13-37(29)43-39(27)30/h2-23,28,33H,1,40H2/b20-18-,24-7+/t28-,33?/m0/s1. The molecule has 43 heavy (non-hydrogen) atoms. The van der Waals surface area contributed by atoms with E-state index in [4.69, 9.17) is 10.7 Å². The molecule has 0 radical (unpaired) electrons. The number of fused-ring (bicyclic) bond motifs is 9. The molecule has 3 aromatic carbocycles. The molecule has 3 aromatic heterocycles. The predicted molar refractivity (Wildman–Crippen MR) is 186 cm³/mol. The van der Waals surface area contributed by atoms with Gasteiger partial charge in [-0.25, -0.2) is 4.98 Å². The van der Waals surface area contributed by atoms with E-state index in [-0.39, 0.29) is 5.92 Å². The number of hydrogen-bond donors (Lipinski definition) is 1. The molecule has 0 saturated carbocycles. The first kappa shape index (κ1) is 25.9. The van der Waals surface area contributed by atoms with Crippen molar-refractivity contribution < 1.29 is 0 Å². The van der Waals surface area contributed by atoms with Gasteiger partial charge in [-0.2, -0.15) is 0 Å². The summed E-state index contributed by atoms with van der Waals surface area (Å²) in [5, 5.41) is 4.90. The van der Waals surface area contributed by atoms with Crippen LogP contribution >= 0.6 is 22.7 Å². The van der Waals surface area contributed by atoms with Crippen molar-refractivity contribution in [1.29, 1.82) is 0 Å². The Hall–Kier alpha value is -4.77. The molecular weight excluding hydrogens is 561 g/mol. The van der Waals surface area contributed by atoms with E-state index < -0.39 is 0 Å². The van der Waals surface area contributed by atoms with Crippen LogP contribution < -0.4 is 5.73 Å². The summed E-state index contributed by atoms with van der Waals surface area (Å²) in [6.07, 6.45) is 14.2. The number of benzene rings is 3. The fraction of sp³-hybridized carbons (Fsp3) is 0.0513. The first-order valence-electron chi connectivity index (χ1n) is 14.4. The Bertz CT molecular complexity index is 2190. The van der Waals surface area contributed by atoms with Gasteiger partial charge in [-0.1, -0.05) is 91.6 Å². The number of pyridine rings is 1. The highest BCUT2D eigenvalue weighted by molar-refractivity contribution is 7.26. The molecule has 0 aliphatic heterocycles. The van der Waals surface area contributed by atoms with Gasteiger partial charge in [0.1, 0.15) is 0 Å². The Morgan fingerprint density at radius 1 is 0.860 bits per heavy atom. The molecule has 8 rings (SSSR count). The Kier molecular flexibility index (Phi) is 6.32. The fourth-order valence-electron chi connectivity index (χ4n) is 6.63. The zero-order chi connectivity index (χ0) is 28.9. The maximum Gasteiger partial charge on any atom is 0.0710 e. The lowest BCUT2D eigenvalue weighted by atomic mass is 9.71. The lowest BCUT2D eigenvalue weighted by molar-refractivity contribution is 0.726. The van der Waals surface area contributed by atoms with Crippen molar-refractivity contribution in [3.8, 4) is 21.6 Å². The third-order valence-electron chi connectivity index (χ3n) is 8.57. The van der Waals surface area contributed by atoms with E-state index in [1.54, 1.807) is 12.3 Å². The zero-order valence-corrected chi connectivity index (χ0v) is 25.0. The number of nitrogens with zero attached hydrogens (tertiary/aromatic N) is 1. The van der Waals surface area contributed by atoms with Gasteiger partial charge in [-0.3, -0.25) is 0 Å². The van der Waals surface area contributed by atoms with Crippen LogP contribution in [0, 0.1) is 0 Å². The van der Waals surface area contributed by atoms with Crippen molar-refractivity contribution in [3.05, 3.63) is 162 Å². The highest BCUT2D eigenvalue weighted by atomic mass is 32.1. The summed E-state index contributed by atoms with van der Waals surface area (Å²) in [5.74, 6) is 0.517. The zero-order valence-electron chi connectivity index (χ0n) is 23.4. The molecular formula is C39H28N2S2. The summed E-state index contributed by atoms with van der Waals surface area (Å²) in [6.45, 7) is 3.86. The maximum absolute atomic E-state index is 5.73.